The Balaban J connectivity index is 2.14. The summed E-state index contributed by atoms with van der Waals surface area (Å²) in [4.78, 5) is 1.36. The van der Waals surface area contributed by atoms with Crippen molar-refractivity contribution in [3.05, 3.63) is 14.7 Å². The van der Waals surface area contributed by atoms with Gasteiger partial charge in [-0.05, 0) is 54.7 Å². The predicted octanol–water partition coefficient (Wildman–Crippen LogP) is 2.70. The van der Waals surface area contributed by atoms with Crippen LogP contribution in [0, 0.1) is 5.92 Å². The summed E-state index contributed by atoms with van der Waals surface area (Å²) in [5, 5.41) is 3.03. The molecule has 0 bridgehead atoms. The van der Waals surface area contributed by atoms with Crippen molar-refractivity contribution < 1.29 is 8.42 Å². The molecule has 7 heteroatoms. The standard InChI is InChI=1S/C12H19BrN2O2S2/c1-8(9-4-3-5-9)15-19(16,17)11-6-10(7-14-2)18-12(11)13/h6,8-9,14-15H,3-5,7H2,1-2H3. The summed E-state index contributed by atoms with van der Waals surface area (Å²) in [5.74, 6) is 0.490. The van der Waals surface area contributed by atoms with Crippen molar-refractivity contribution in [1.29, 1.82) is 0 Å². The second-order valence-electron chi connectivity index (χ2n) is 4.98. The highest BCUT2D eigenvalue weighted by Crippen LogP contribution is 2.33. The molecule has 0 aliphatic heterocycles. The van der Waals surface area contributed by atoms with Gasteiger partial charge < -0.3 is 5.32 Å². The molecule has 0 aromatic carbocycles. The van der Waals surface area contributed by atoms with Gasteiger partial charge in [-0.2, -0.15) is 0 Å². The summed E-state index contributed by atoms with van der Waals surface area (Å²) < 4.78 is 28.2. The van der Waals surface area contributed by atoms with Crippen LogP contribution in [0.2, 0.25) is 0 Å². The molecule has 1 aromatic rings. The Morgan fingerprint density at radius 1 is 1.53 bits per heavy atom. The van der Waals surface area contributed by atoms with E-state index >= 15 is 0 Å². The van der Waals surface area contributed by atoms with Gasteiger partial charge in [-0.15, -0.1) is 11.3 Å². The third-order valence-corrected chi connectivity index (χ3v) is 7.36. The Bertz CT molecular complexity index is 538. The summed E-state index contributed by atoms with van der Waals surface area (Å²) in [6, 6.07) is 1.75. The molecule has 2 rings (SSSR count). The topological polar surface area (TPSA) is 58.2 Å². The second kappa shape index (κ2) is 6.22. The molecule has 2 N–H and O–H groups in total. The maximum Gasteiger partial charge on any atom is 0.242 e. The Morgan fingerprint density at radius 3 is 2.74 bits per heavy atom. The number of hydrogen-bond donors (Lipinski definition) is 2. The highest BCUT2D eigenvalue weighted by atomic mass is 79.9. The van der Waals surface area contributed by atoms with Gasteiger partial charge in [-0.1, -0.05) is 6.42 Å². The number of nitrogens with one attached hydrogen (secondary N) is 2. The van der Waals surface area contributed by atoms with Crippen LogP contribution in [0.5, 0.6) is 0 Å². The SMILES string of the molecule is CNCc1cc(S(=O)(=O)NC(C)C2CCC2)c(Br)s1. The Hall–Kier alpha value is 0.0500. The van der Waals surface area contributed by atoms with E-state index in [9.17, 15) is 8.42 Å². The molecule has 1 aromatic heterocycles. The average Bonchev–Trinajstić information content (AvgIpc) is 2.57. The van der Waals surface area contributed by atoms with Crippen LogP contribution >= 0.6 is 27.3 Å². The van der Waals surface area contributed by atoms with Gasteiger partial charge in [-0.25, -0.2) is 13.1 Å². The lowest BCUT2D eigenvalue weighted by Gasteiger charge is -2.31. The third-order valence-electron chi connectivity index (χ3n) is 3.55. The molecule has 1 heterocycles. The van der Waals surface area contributed by atoms with E-state index in [4.69, 9.17) is 0 Å². The molecule has 1 aliphatic rings. The van der Waals surface area contributed by atoms with Crippen molar-refractivity contribution in [2.75, 3.05) is 7.05 Å². The van der Waals surface area contributed by atoms with E-state index in [2.05, 4.69) is 26.0 Å². The lowest BCUT2D eigenvalue weighted by Crippen LogP contribution is -2.40. The highest BCUT2D eigenvalue weighted by Gasteiger charge is 2.29. The number of thiophene rings is 1. The van der Waals surface area contributed by atoms with E-state index in [-0.39, 0.29) is 6.04 Å². The van der Waals surface area contributed by atoms with Crippen LogP contribution in [0.15, 0.2) is 14.7 Å². The molecule has 1 saturated carbocycles. The van der Waals surface area contributed by atoms with Crippen molar-refractivity contribution >= 4 is 37.3 Å². The van der Waals surface area contributed by atoms with Crippen LogP contribution in [-0.2, 0) is 16.6 Å². The quantitative estimate of drug-likeness (QED) is 0.813. The molecule has 19 heavy (non-hydrogen) atoms. The zero-order valence-electron chi connectivity index (χ0n) is 11.1. The van der Waals surface area contributed by atoms with Crippen molar-refractivity contribution in [2.45, 2.75) is 43.7 Å². The average molecular weight is 367 g/mol. The fourth-order valence-electron chi connectivity index (χ4n) is 2.19. The Labute approximate surface area is 127 Å². The maximum absolute atomic E-state index is 12.4. The van der Waals surface area contributed by atoms with Gasteiger partial charge in [0.15, 0.2) is 0 Å². The first-order chi connectivity index (χ1) is 8.94. The molecule has 0 spiro atoms. The van der Waals surface area contributed by atoms with Gasteiger partial charge in [0.05, 0.1) is 3.79 Å². The number of hydrogen-bond acceptors (Lipinski definition) is 4. The van der Waals surface area contributed by atoms with Crippen molar-refractivity contribution in [2.24, 2.45) is 5.92 Å². The minimum Gasteiger partial charge on any atom is -0.315 e. The predicted molar refractivity (Wildman–Crippen MR) is 81.9 cm³/mol. The maximum atomic E-state index is 12.4. The van der Waals surface area contributed by atoms with Crippen LogP contribution in [0.3, 0.4) is 0 Å². The van der Waals surface area contributed by atoms with Crippen molar-refractivity contribution in [1.82, 2.24) is 10.0 Å². The molecular formula is C12H19BrN2O2S2. The van der Waals surface area contributed by atoms with Crippen LogP contribution < -0.4 is 10.0 Å². The molecule has 0 amide bonds. The smallest absolute Gasteiger partial charge is 0.242 e. The van der Waals surface area contributed by atoms with E-state index in [0.717, 1.165) is 17.7 Å². The number of rotatable bonds is 6. The Morgan fingerprint density at radius 2 is 2.21 bits per heavy atom. The van der Waals surface area contributed by atoms with Crippen molar-refractivity contribution in [3.63, 3.8) is 0 Å². The Kier molecular flexibility index (Phi) is 5.05. The largest absolute Gasteiger partial charge is 0.315 e. The van der Waals surface area contributed by atoms with Gasteiger partial charge in [-0.3, -0.25) is 0 Å². The first-order valence-electron chi connectivity index (χ1n) is 6.39. The molecule has 108 valence electrons. The lowest BCUT2D eigenvalue weighted by atomic mass is 9.81. The zero-order valence-corrected chi connectivity index (χ0v) is 14.3. The summed E-state index contributed by atoms with van der Waals surface area (Å²) in [6.07, 6.45) is 3.46. The van der Waals surface area contributed by atoms with Gasteiger partial charge in [0.25, 0.3) is 0 Å². The molecule has 0 radical (unpaired) electrons. The van der Waals surface area contributed by atoms with Crippen LogP contribution in [0.1, 0.15) is 31.1 Å². The zero-order chi connectivity index (χ0) is 14.0. The summed E-state index contributed by atoms with van der Waals surface area (Å²) in [6.45, 7) is 2.63. The number of sulfonamides is 1. The molecule has 1 aliphatic carbocycles. The lowest BCUT2D eigenvalue weighted by molar-refractivity contribution is 0.260. The summed E-state index contributed by atoms with van der Waals surface area (Å²) in [5.41, 5.74) is 0. The molecule has 1 atom stereocenters. The highest BCUT2D eigenvalue weighted by molar-refractivity contribution is 9.11. The van der Waals surface area contributed by atoms with E-state index in [1.165, 1.54) is 17.8 Å². The normalized spacial score (nSPS) is 18.3. The minimum absolute atomic E-state index is 0.0123. The van der Waals surface area contributed by atoms with Gasteiger partial charge in [0, 0.05) is 17.5 Å². The molecule has 0 saturated heterocycles. The molecular weight excluding hydrogens is 348 g/mol. The second-order valence-corrected chi connectivity index (χ2v) is 9.12. The van der Waals surface area contributed by atoms with Crippen molar-refractivity contribution in [3.8, 4) is 0 Å². The molecule has 1 fully saturated rings. The fourth-order valence-corrected chi connectivity index (χ4v) is 6.19. The first-order valence-corrected chi connectivity index (χ1v) is 9.48. The third kappa shape index (κ3) is 3.58. The number of halogens is 1. The van der Waals surface area contributed by atoms with E-state index in [0.29, 0.717) is 21.1 Å². The van der Waals surface area contributed by atoms with Crippen LogP contribution in [0.4, 0.5) is 0 Å². The van der Waals surface area contributed by atoms with Gasteiger partial charge in [0.2, 0.25) is 10.0 Å². The van der Waals surface area contributed by atoms with Crippen LogP contribution in [-0.4, -0.2) is 21.5 Å². The molecule has 4 nitrogen and oxygen atoms in total. The van der Waals surface area contributed by atoms with E-state index < -0.39 is 10.0 Å². The van der Waals surface area contributed by atoms with Gasteiger partial charge in [0.1, 0.15) is 4.90 Å². The molecule has 1 unspecified atom stereocenters. The first kappa shape index (κ1) is 15.4. The summed E-state index contributed by atoms with van der Waals surface area (Å²) >= 11 is 4.81. The summed E-state index contributed by atoms with van der Waals surface area (Å²) in [7, 11) is -1.58. The van der Waals surface area contributed by atoms with Gasteiger partial charge >= 0.3 is 0 Å². The minimum atomic E-state index is -3.42. The fraction of sp³-hybridized carbons (Fsp3) is 0.667. The monoisotopic (exact) mass is 366 g/mol. The van der Waals surface area contributed by atoms with E-state index in [1.807, 2.05) is 14.0 Å². The van der Waals surface area contributed by atoms with E-state index in [1.54, 1.807) is 6.07 Å². The van der Waals surface area contributed by atoms with Crippen LogP contribution in [0.25, 0.3) is 0 Å².